The number of aliphatic hydroxyl groups is 1. The van der Waals surface area contributed by atoms with Crippen LogP contribution in [0.3, 0.4) is 0 Å². The highest BCUT2D eigenvalue weighted by atomic mass is 16.3. The number of aliphatic hydroxyl groups excluding tert-OH is 1. The van der Waals surface area contributed by atoms with Crippen LogP contribution < -0.4 is 0 Å². The van der Waals surface area contributed by atoms with Crippen molar-refractivity contribution in [3.8, 4) is 11.1 Å². The van der Waals surface area contributed by atoms with Crippen LogP contribution >= 0.6 is 0 Å². The second kappa shape index (κ2) is 10.1. The molecular weight excluding hydrogens is 438 g/mol. The van der Waals surface area contributed by atoms with E-state index in [9.17, 15) is 14.7 Å². The maximum Gasteiger partial charge on any atom is 0.253 e. The lowest BCUT2D eigenvalue weighted by Crippen LogP contribution is -2.68. The molecule has 0 radical (unpaired) electrons. The quantitative estimate of drug-likeness (QED) is 0.718. The van der Waals surface area contributed by atoms with Gasteiger partial charge in [0.1, 0.15) is 0 Å². The minimum atomic E-state index is 0.000477. The molecule has 2 aromatic carbocycles. The highest BCUT2D eigenvalue weighted by molar-refractivity contribution is 5.94. The van der Waals surface area contributed by atoms with Crippen molar-refractivity contribution in [3.63, 3.8) is 0 Å². The van der Waals surface area contributed by atoms with Gasteiger partial charge in [0, 0.05) is 56.7 Å². The van der Waals surface area contributed by atoms with Crippen molar-refractivity contribution in [2.45, 2.75) is 50.1 Å². The summed E-state index contributed by atoms with van der Waals surface area (Å²) >= 11 is 0. The molecule has 2 amide bonds. The van der Waals surface area contributed by atoms with E-state index in [-0.39, 0.29) is 36.4 Å². The molecule has 2 aliphatic heterocycles. The lowest BCUT2D eigenvalue weighted by molar-refractivity contribution is -0.143. The van der Waals surface area contributed by atoms with E-state index >= 15 is 0 Å². The summed E-state index contributed by atoms with van der Waals surface area (Å²) in [6.07, 6.45) is 5.36. The third kappa shape index (κ3) is 4.62. The Labute approximate surface area is 208 Å². The number of benzene rings is 2. The summed E-state index contributed by atoms with van der Waals surface area (Å²) < 4.78 is 0. The Balaban J connectivity index is 1.33. The molecule has 1 saturated carbocycles. The summed E-state index contributed by atoms with van der Waals surface area (Å²) in [6, 6.07) is 16.7. The minimum Gasteiger partial charge on any atom is -0.395 e. The number of hydrogen-bond acceptors (Lipinski definition) is 4. The van der Waals surface area contributed by atoms with Gasteiger partial charge in [0.25, 0.3) is 5.91 Å². The fourth-order valence-electron chi connectivity index (χ4n) is 6.02. The molecule has 0 unspecified atom stereocenters. The number of carbonyl (C=O) groups excluding carboxylic acids is 2. The van der Waals surface area contributed by atoms with E-state index in [1.54, 1.807) is 19.0 Å². The predicted octanol–water partition coefficient (Wildman–Crippen LogP) is 3.61. The van der Waals surface area contributed by atoms with Gasteiger partial charge in [0.2, 0.25) is 5.91 Å². The fourth-order valence-corrected chi connectivity index (χ4v) is 6.02. The SMILES string of the molecule is CN(C)C(=O)c1ccc(-c2ccc([C@@H]3[C@H]4CN(C(=O)C5CCC5)CCCCN4[C@H]3CO)cc2)cc1. The fraction of sp³-hybridized carbons (Fsp3) is 0.517. The summed E-state index contributed by atoms with van der Waals surface area (Å²) in [6.45, 7) is 2.76. The molecule has 3 aliphatic rings. The predicted molar refractivity (Wildman–Crippen MR) is 137 cm³/mol. The van der Waals surface area contributed by atoms with E-state index in [4.69, 9.17) is 0 Å². The van der Waals surface area contributed by atoms with Gasteiger partial charge in [-0.05, 0) is 61.1 Å². The summed E-state index contributed by atoms with van der Waals surface area (Å²) in [4.78, 5) is 31.4. The van der Waals surface area contributed by atoms with Crippen molar-refractivity contribution >= 4 is 11.8 Å². The molecule has 1 aliphatic carbocycles. The van der Waals surface area contributed by atoms with Crippen LogP contribution in [0.15, 0.2) is 48.5 Å². The third-order valence-electron chi connectivity index (χ3n) is 8.30. The second-order valence-electron chi connectivity index (χ2n) is 10.6. The molecule has 2 heterocycles. The first kappa shape index (κ1) is 24.0. The number of carbonyl (C=O) groups is 2. The third-order valence-corrected chi connectivity index (χ3v) is 8.30. The van der Waals surface area contributed by atoms with E-state index in [0.29, 0.717) is 11.5 Å². The van der Waals surface area contributed by atoms with Crippen LogP contribution in [0.4, 0.5) is 0 Å². The molecule has 6 nitrogen and oxygen atoms in total. The monoisotopic (exact) mass is 475 g/mol. The van der Waals surface area contributed by atoms with Crippen molar-refractivity contribution in [3.05, 3.63) is 59.7 Å². The van der Waals surface area contributed by atoms with E-state index in [1.807, 2.05) is 24.3 Å². The van der Waals surface area contributed by atoms with E-state index in [1.165, 1.54) is 12.0 Å². The highest BCUT2D eigenvalue weighted by Crippen LogP contribution is 2.43. The lowest BCUT2D eigenvalue weighted by atomic mass is 9.74. The van der Waals surface area contributed by atoms with Gasteiger partial charge in [0.05, 0.1) is 6.61 Å². The molecule has 3 atom stereocenters. The van der Waals surface area contributed by atoms with Crippen molar-refractivity contribution in [2.75, 3.05) is 40.3 Å². The molecular formula is C29H37N3O3. The van der Waals surface area contributed by atoms with Crippen LogP contribution in [0.2, 0.25) is 0 Å². The van der Waals surface area contributed by atoms with Crippen LogP contribution in [-0.2, 0) is 4.79 Å². The van der Waals surface area contributed by atoms with Gasteiger partial charge in [-0.2, -0.15) is 0 Å². The van der Waals surface area contributed by atoms with Gasteiger partial charge in [-0.3, -0.25) is 14.5 Å². The summed E-state index contributed by atoms with van der Waals surface area (Å²) in [5, 5.41) is 10.2. The summed E-state index contributed by atoms with van der Waals surface area (Å²) in [7, 11) is 3.52. The average molecular weight is 476 g/mol. The number of rotatable bonds is 5. The Kier molecular flexibility index (Phi) is 6.94. The van der Waals surface area contributed by atoms with Gasteiger partial charge >= 0.3 is 0 Å². The van der Waals surface area contributed by atoms with Crippen molar-refractivity contribution in [1.29, 1.82) is 0 Å². The van der Waals surface area contributed by atoms with Crippen molar-refractivity contribution < 1.29 is 14.7 Å². The maximum atomic E-state index is 13.1. The molecule has 1 N–H and O–H groups in total. The Morgan fingerprint density at radius 1 is 0.914 bits per heavy atom. The van der Waals surface area contributed by atoms with Crippen LogP contribution in [0, 0.1) is 5.92 Å². The molecule has 3 fully saturated rings. The topological polar surface area (TPSA) is 64.1 Å². The zero-order valence-corrected chi connectivity index (χ0v) is 20.9. The molecule has 186 valence electrons. The first-order valence-corrected chi connectivity index (χ1v) is 13.1. The standard InChI is InChI=1S/C29H37N3O3/c1-30(2)28(34)24-14-10-21(11-15-24)20-8-12-22(13-9-20)27-25-18-31(29(35)23-6-5-7-23)16-3-4-17-32(25)26(27)19-33/h8-15,23,25-27,33H,3-7,16-19H2,1-2H3/t25-,26+,27-/m1/s1. The molecule has 0 bridgehead atoms. The van der Waals surface area contributed by atoms with E-state index in [2.05, 4.69) is 34.1 Å². The molecule has 2 aromatic rings. The molecule has 0 spiro atoms. The Morgan fingerprint density at radius 3 is 2.11 bits per heavy atom. The molecule has 2 saturated heterocycles. The van der Waals surface area contributed by atoms with Crippen LogP contribution in [0.1, 0.15) is 53.9 Å². The van der Waals surface area contributed by atoms with Crippen LogP contribution in [0.25, 0.3) is 11.1 Å². The van der Waals surface area contributed by atoms with Gasteiger partial charge in [-0.25, -0.2) is 0 Å². The number of nitrogens with zero attached hydrogens (tertiary/aromatic N) is 3. The Hall–Kier alpha value is -2.70. The average Bonchev–Trinajstić information content (AvgIpc) is 2.82. The first-order chi connectivity index (χ1) is 17.0. The van der Waals surface area contributed by atoms with Gasteiger partial charge in [-0.15, -0.1) is 0 Å². The molecule has 35 heavy (non-hydrogen) atoms. The minimum absolute atomic E-state index is 0.000477. The van der Waals surface area contributed by atoms with Crippen LogP contribution in [-0.4, -0.2) is 84.0 Å². The number of hydrogen-bond donors (Lipinski definition) is 1. The lowest BCUT2D eigenvalue weighted by Gasteiger charge is -2.57. The van der Waals surface area contributed by atoms with E-state index in [0.717, 1.165) is 56.4 Å². The van der Waals surface area contributed by atoms with Gasteiger partial charge in [-0.1, -0.05) is 42.8 Å². The second-order valence-corrected chi connectivity index (χ2v) is 10.6. The van der Waals surface area contributed by atoms with Crippen LogP contribution in [0.5, 0.6) is 0 Å². The molecule has 0 aromatic heterocycles. The zero-order chi connectivity index (χ0) is 24.5. The smallest absolute Gasteiger partial charge is 0.253 e. The largest absolute Gasteiger partial charge is 0.395 e. The summed E-state index contributed by atoms with van der Waals surface area (Å²) in [5.74, 6) is 0.800. The number of fused-ring (bicyclic) bond motifs is 1. The van der Waals surface area contributed by atoms with Crippen molar-refractivity contribution in [1.82, 2.24) is 14.7 Å². The Bertz CT molecular complexity index is 1050. The van der Waals surface area contributed by atoms with Gasteiger partial charge < -0.3 is 14.9 Å². The van der Waals surface area contributed by atoms with Gasteiger partial charge in [0.15, 0.2) is 0 Å². The van der Waals surface area contributed by atoms with E-state index < -0.39 is 0 Å². The van der Waals surface area contributed by atoms with Crippen molar-refractivity contribution in [2.24, 2.45) is 5.92 Å². The summed E-state index contributed by atoms with van der Waals surface area (Å²) in [5.41, 5.74) is 4.09. The zero-order valence-electron chi connectivity index (χ0n) is 20.9. The first-order valence-electron chi connectivity index (χ1n) is 13.1. The normalized spacial score (nSPS) is 25.0. The highest BCUT2D eigenvalue weighted by Gasteiger charge is 2.49. The number of amides is 2. The Morgan fingerprint density at radius 2 is 1.54 bits per heavy atom. The maximum absolute atomic E-state index is 13.1. The molecule has 6 heteroatoms. The molecule has 5 rings (SSSR count).